The van der Waals surface area contributed by atoms with E-state index in [1.165, 1.54) is 31.6 Å². The van der Waals surface area contributed by atoms with Gasteiger partial charge in [0, 0.05) is 12.5 Å². The van der Waals surface area contributed by atoms with Gasteiger partial charge in [0.15, 0.2) is 0 Å². The van der Waals surface area contributed by atoms with Crippen molar-refractivity contribution in [2.45, 2.75) is 25.9 Å². The zero-order chi connectivity index (χ0) is 10.5. The second-order valence-corrected chi connectivity index (χ2v) is 5.01. The number of nitrogens with one attached hydrogen (secondary N) is 1. The molecule has 2 heterocycles. The van der Waals surface area contributed by atoms with Gasteiger partial charge in [0.2, 0.25) is 0 Å². The summed E-state index contributed by atoms with van der Waals surface area (Å²) in [5, 5.41) is 6.66. The fraction of sp³-hybridized carbons (Fsp3) is 0.727. The van der Waals surface area contributed by atoms with Gasteiger partial charge in [-0.1, -0.05) is 0 Å². The zero-order valence-electron chi connectivity index (χ0n) is 9.16. The Labute approximate surface area is 94.9 Å². The van der Waals surface area contributed by atoms with Crippen molar-refractivity contribution in [3.63, 3.8) is 0 Å². The number of hydrogen-bond acceptors (Lipinski definition) is 4. The third kappa shape index (κ3) is 3.26. The number of ether oxygens (including phenoxy) is 1. The smallest absolute Gasteiger partial charge is 0.119 e. The van der Waals surface area contributed by atoms with E-state index in [1.807, 2.05) is 0 Å². The lowest BCUT2D eigenvalue weighted by Crippen LogP contribution is -2.28. The summed E-state index contributed by atoms with van der Waals surface area (Å²) in [6.45, 7) is 2.98. The van der Waals surface area contributed by atoms with Crippen molar-refractivity contribution in [1.82, 2.24) is 10.3 Å². The Morgan fingerprint density at radius 1 is 1.53 bits per heavy atom. The van der Waals surface area contributed by atoms with Gasteiger partial charge in [-0.25, -0.2) is 4.98 Å². The predicted octanol–water partition coefficient (Wildman–Crippen LogP) is 1.83. The van der Waals surface area contributed by atoms with E-state index in [0.29, 0.717) is 6.61 Å². The molecule has 0 spiro atoms. The van der Waals surface area contributed by atoms with Gasteiger partial charge in [-0.05, 0) is 38.3 Å². The van der Waals surface area contributed by atoms with Gasteiger partial charge in [0.1, 0.15) is 5.01 Å². The summed E-state index contributed by atoms with van der Waals surface area (Å²) < 4.78 is 5.07. The number of aromatic nitrogens is 1. The highest BCUT2D eigenvalue weighted by Crippen LogP contribution is 2.19. The molecule has 0 radical (unpaired) electrons. The maximum Gasteiger partial charge on any atom is 0.119 e. The van der Waals surface area contributed by atoms with Crippen molar-refractivity contribution in [3.05, 3.63) is 16.1 Å². The van der Waals surface area contributed by atoms with Gasteiger partial charge in [0.25, 0.3) is 0 Å². The van der Waals surface area contributed by atoms with E-state index in [9.17, 15) is 0 Å². The van der Waals surface area contributed by atoms with Crippen molar-refractivity contribution < 1.29 is 4.74 Å². The maximum atomic E-state index is 5.07. The molecule has 0 aliphatic carbocycles. The van der Waals surface area contributed by atoms with Gasteiger partial charge < -0.3 is 10.1 Å². The van der Waals surface area contributed by atoms with Crippen LogP contribution in [0.5, 0.6) is 0 Å². The molecule has 1 aliphatic heterocycles. The third-order valence-electron chi connectivity index (χ3n) is 2.82. The fourth-order valence-corrected chi connectivity index (χ4v) is 2.79. The molecule has 1 N–H and O–H groups in total. The Kier molecular flexibility index (Phi) is 4.11. The molecule has 84 valence electrons. The van der Waals surface area contributed by atoms with Crippen LogP contribution < -0.4 is 5.32 Å². The minimum absolute atomic E-state index is 0.650. The van der Waals surface area contributed by atoms with Gasteiger partial charge >= 0.3 is 0 Å². The lowest BCUT2D eigenvalue weighted by atomic mass is 9.94. The average Bonchev–Trinajstić information content (AvgIpc) is 2.68. The lowest BCUT2D eigenvalue weighted by Gasteiger charge is -2.21. The monoisotopic (exact) mass is 226 g/mol. The number of hydrogen-bond donors (Lipinski definition) is 1. The molecule has 1 aromatic rings. The van der Waals surface area contributed by atoms with E-state index < -0.39 is 0 Å². The second-order valence-electron chi connectivity index (χ2n) is 4.06. The summed E-state index contributed by atoms with van der Waals surface area (Å²) in [5.74, 6) is 0.823. The molecule has 1 fully saturated rings. The van der Waals surface area contributed by atoms with Crippen LogP contribution in [-0.2, 0) is 17.8 Å². The summed E-state index contributed by atoms with van der Waals surface area (Å²) in [7, 11) is 1.72. The molecule has 0 bridgehead atoms. The Hall–Kier alpha value is -0.450. The van der Waals surface area contributed by atoms with Crippen LogP contribution in [-0.4, -0.2) is 25.2 Å². The molecule has 1 aliphatic rings. The van der Waals surface area contributed by atoms with Crippen molar-refractivity contribution in [2.24, 2.45) is 5.92 Å². The molecule has 0 atom stereocenters. The first-order valence-electron chi connectivity index (χ1n) is 5.51. The zero-order valence-corrected chi connectivity index (χ0v) is 9.98. The SMILES string of the molecule is COCc1nc(CC2CCNCC2)cs1. The van der Waals surface area contributed by atoms with Crippen LogP contribution in [0.15, 0.2) is 5.38 Å². The number of thiazole rings is 1. The van der Waals surface area contributed by atoms with Crippen LogP contribution in [0.3, 0.4) is 0 Å². The second kappa shape index (κ2) is 5.58. The Morgan fingerprint density at radius 3 is 3.07 bits per heavy atom. The summed E-state index contributed by atoms with van der Waals surface area (Å²) in [6.07, 6.45) is 3.72. The number of nitrogens with zero attached hydrogens (tertiary/aromatic N) is 1. The van der Waals surface area contributed by atoms with Gasteiger partial charge in [0.05, 0.1) is 12.3 Å². The van der Waals surface area contributed by atoms with Crippen molar-refractivity contribution in [2.75, 3.05) is 20.2 Å². The van der Waals surface area contributed by atoms with Crippen molar-refractivity contribution in [1.29, 1.82) is 0 Å². The van der Waals surface area contributed by atoms with Crippen LogP contribution in [0.4, 0.5) is 0 Å². The average molecular weight is 226 g/mol. The molecule has 1 aromatic heterocycles. The summed E-state index contributed by atoms with van der Waals surface area (Å²) in [5.41, 5.74) is 1.25. The van der Waals surface area contributed by atoms with Gasteiger partial charge in [-0.15, -0.1) is 11.3 Å². The normalized spacial score (nSPS) is 18.2. The quantitative estimate of drug-likeness (QED) is 0.850. The van der Waals surface area contributed by atoms with Crippen molar-refractivity contribution in [3.8, 4) is 0 Å². The third-order valence-corrected chi connectivity index (χ3v) is 3.69. The molecule has 1 saturated heterocycles. The molecule has 0 aromatic carbocycles. The van der Waals surface area contributed by atoms with Crippen LogP contribution in [0, 0.1) is 5.92 Å². The largest absolute Gasteiger partial charge is 0.378 e. The van der Waals surface area contributed by atoms with E-state index in [4.69, 9.17) is 4.74 Å². The lowest BCUT2D eigenvalue weighted by molar-refractivity contribution is 0.184. The van der Waals surface area contributed by atoms with Gasteiger partial charge in [-0.2, -0.15) is 0 Å². The number of piperidine rings is 1. The standard InChI is InChI=1S/C11H18N2OS/c1-14-7-11-13-10(8-15-11)6-9-2-4-12-5-3-9/h8-9,12H,2-7H2,1H3. The molecule has 2 rings (SSSR count). The number of methoxy groups -OCH3 is 1. The highest BCUT2D eigenvalue weighted by atomic mass is 32.1. The molecule has 0 unspecified atom stereocenters. The molecule has 4 heteroatoms. The molecule has 0 saturated carbocycles. The van der Waals surface area contributed by atoms with Crippen LogP contribution in [0.2, 0.25) is 0 Å². The summed E-state index contributed by atoms with van der Waals surface area (Å²) in [6, 6.07) is 0. The Bertz CT molecular complexity index is 295. The molecule has 15 heavy (non-hydrogen) atoms. The maximum absolute atomic E-state index is 5.07. The van der Waals surface area contributed by atoms with E-state index in [0.717, 1.165) is 17.3 Å². The minimum Gasteiger partial charge on any atom is -0.378 e. The molecule has 0 amide bonds. The van der Waals surface area contributed by atoms with Crippen LogP contribution in [0.1, 0.15) is 23.5 Å². The first-order chi connectivity index (χ1) is 7.38. The minimum atomic E-state index is 0.650. The fourth-order valence-electron chi connectivity index (χ4n) is 2.01. The molecular weight excluding hydrogens is 208 g/mol. The highest BCUT2D eigenvalue weighted by Gasteiger charge is 2.14. The van der Waals surface area contributed by atoms with Crippen LogP contribution >= 0.6 is 11.3 Å². The first-order valence-corrected chi connectivity index (χ1v) is 6.39. The van der Waals surface area contributed by atoms with Crippen molar-refractivity contribution >= 4 is 11.3 Å². The van der Waals surface area contributed by atoms with E-state index in [1.54, 1.807) is 18.4 Å². The predicted molar refractivity (Wildman–Crippen MR) is 62.1 cm³/mol. The topological polar surface area (TPSA) is 34.1 Å². The van der Waals surface area contributed by atoms with E-state index in [2.05, 4.69) is 15.7 Å². The molecular formula is C11H18N2OS. The first kappa shape index (κ1) is 11.0. The van der Waals surface area contributed by atoms with Gasteiger partial charge in [-0.3, -0.25) is 0 Å². The molecule has 3 nitrogen and oxygen atoms in total. The Morgan fingerprint density at radius 2 is 2.33 bits per heavy atom. The van der Waals surface area contributed by atoms with Crippen LogP contribution in [0.25, 0.3) is 0 Å². The Balaban J connectivity index is 1.86. The summed E-state index contributed by atoms with van der Waals surface area (Å²) in [4.78, 5) is 4.57. The summed E-state index contributed by atoms with van der Waals surface area (Å²) >= 11 is 1.71. The number of rotatable bonds is 4. The van der Waals surface area contributed by atoms with E-state index in [-0.39, 0.29) is 0 Å². The van der Waals surface area contributed by atoms with E-state index >= 15 is 0 Å². The highest BCUT2D eigenvalue weighted by molar-refractivity contribution is 7.09.